The van der Waals surface area contributed by atoms with Gasteiger partial charge >= 0.3 is 5.97 Å². The smallest absolute Gasteiger partial charge is 0.308 e. The van der Waals surface area contributed by atoms with E-state index < -0.39 is 5.97 Å². The standard InChI is InChI=1S/C21H22N2O5/c24-18(22-11-9-14-5-1-4-8-17(14)22)13-28-19(25)10-12-23-20(26)15-6-2-3-7-16(15)21(23)27/h1-5,8,15-16H,6-7,9-13H2/t15-,16-/m1/s1. The Kier molecular flexibility index (Phi) is 4.98. The van der Waals surface area contributed by atoms with Crippen LogP contribution < -0.4 is 4.90 Å². The van der Waals surface area contributed by atoms with Crippen LogP contribution in [-0.4, -0.2) is 48.3 Å². The van der Waals surface area contributed by atoms with Crippen molar-refractivity contribution in [2.24, 2.45) is 11.8 Å². The second kappa shape index (κ2) is 7.58. The van der Waals surface area contributed by atoms with Gasteiger partial charge in [0.25, 0.3) is 5.91 Å². The average molecular weight is 382 g/mol. The number of carbonyl (C=O) groups excluding carboxylic acids is 4. The number of carbonyl (C=O) groups is 4. The summed E-state index contributed by atoms with van der Waals surface area (Å²) in [6.45, 7) is 0.234. The molecule has 7 heteroatoms. The molecule has 1 saturated heterocycles. The zero-order valence-electron chi connectivity index (χ0n) is 15.5. The van der Waals surface area contributed by atoms with E-state index in [9.17, 15) is 19.2 Å². The van der Waals surface area contributed by atoms with Gasteiger partial charge in [0.1, 0.15) is 0 Å². The highest BCUT2D eigenvalue weighted by atomic mass is 16.5. The van der Waals surface area contributed by atoms with E-state index in [1.54, 1.807) is 4.90 Å². The lowest BCUT2D eigenvalue weighted by atomic mass is 9.85. The number of allylic oxidation sites excluding steroid dienone is 2. The number of imide groups is 1. The number of para-hydroxylation sites is 1. The molecule has 0 bridgehead atoms. The molecule has 0 spiro atoms. The van der Waals surface area contributed by atoms with E-state index in [1.165, 1.54) is 4.90 Å². The molecular weight excluding hydrogens is 360 g/mol. The summed E-state index contributed by atoms with van der Waals surface area (Å²) >= 11 is 0. The van der Waals surface area contributed by atoms with Crippen molar-refractivity contribution in [2.45, 2.75) is 25.7 Å². The van der Waals surface area contributed by atoms with Crippen molar-refractivity contribution < 1.29 is 23.9 Å². The van der Waals surface area contributed by atoms with Crippen LogP contribution >= 0.6 is 0 Å². The third-order valence-electron chi connectivity index (χ3n) is 5.68. The Morgan fingerprint density at radius 2 is 1.71 bits per heavy atom. The minimum Gasteiger partial charge on any atom is -0.455 e. The van der Waals surface area contributed by atoms with Crippen LogP contribution in [-0.2, 0) is 30.3 Å². The molecule has 28 heavy (non-hydrogen) atoms. The zero-order valence-corrected chi connectivity index (χ0v) is 15.5. The molecule has 4 rings (SSSR count). The van der Waals surface area contributed by atoms with Crippen LogP contribution in [0.5, 0.6) is 0 Å². The van der Waals surface area contributed by atoms with Crippen molar-refractivity contribution in [3.8, 4) is 0 Å². The minimum atomic E-state index is -0.588. The Labute approximate surface area is 162 Å². The Morgan fingerprint density at radius 3 is 2.43 bits per heavy atom. The first-order valence-electron chi connectivity index (χ1n) is 9.60. The molecule has 0 unspecified atom stereocenters. The number of esters is 1. The van der Waals surface area contributed by atoms with Gasteiger partial charge in [-0.1, -0.05) is 30.4 Å². The molecule has 1 aliphatic carbocycles. The van der Waals surface area contributed by atoms with Crippen molar-refractivity contribution in [3.63, 3.8) is 0 Å². The number of amides is 3. The molecule has 0 N–H and O–H groups in total. The molecule has 2 atom stereocenters. The second-order valence-corrected chi connectivity index (χ2v) is 7.32. The summed E-state index contributed by atoms with van der Waals surface area (Å²) in [5.74, 6) is -1.89. The predicted octanol–water partition coefficient (Wildman–Crippen LogP) is 1.46. The third-order valence-corrected chi connectivity index (χ3v) is 5.68. The first-order chi connectivity index (χ1) is 13.6. The minimum absolute atomic E-state index is 0.00420. The summed E-state index contributed by atoms with van der Waals surface area (Å²) in [5, 5.41) is 0. The molecule has 0 aromatic heterocycles. The monoisotopic (exact) mass is 382 g/mol. The maximum absolute atomic E-state index is 12.4. The van der Waals surface area contributed by atoms with E-state index in [0.29, 0.717) is 19.4 Å². The van der Waals surface area contributed by atoms with Gasteiger partial charge in [0.2, 0.25) is 11.8 Å². The first kappa shape index (κ1) is 18.4. The Balaban J connectivity index is 1.26. The van der Waals surface area contributed by atoms with Crippen molar-refractivity contribution >= 4 is 29.4 Å². The summed E-state index contributed by atoms with van der Waals surface area (Å²) < 4.78 is 5.09. The second-order valence-electron chi connectivity index (χ2n) is 7.32. The summed E-state index contributed by atoms with van der Waals surface area (Å²) in [5.41, 5.74) is 1.96. The molecule has 1 aromatic rings. The van der Waals surface area contributed by atoms with Crippen LogP contribution in [0.4, 0.5) is 5.69 Å². The van der Waals surface area contributed by atoms with Crippen LogP contribution in [0.2, 0.25) is 0 Å². The molecule has 0 saturated carbocycles. The number of benzene rings is 1. The summed E-state index contributed by atoms with van der Waals surface area (Å²) in [4.78, 5) is 52.0. The average Bonchev–Trinajstić information content (AvgIpc) is 3.25. The number of ether oxygens (including phenoxy) is 1. The van der Waals surface area contributed by atoms with Crippen LogP contribution in [0.15, 0.2) is 36.4 Å². The van der Waals surface area contributed by atoms with Gasteiger partial charge in [0.15, 0.2) is 6.61 Å². The van der Waals surface area contributed by atoms with Gasteiger partial charge in [0, 0.05) is 18.8 Å². The Morgan fingerprint density at radius 1 is 1.04 bits per heavy atom. The van der Waals surface area contributed by atoms with E-state index in [2.05, 4.69) is 0 Å². The summed E-state index contributed by atoms with van der Waals surface area (Å²) in [6.07, 6.45) is 5.67. The van der Waals surface area contributed by atoms with Crippen molar-refractivity contribution in [1.82, 2.24) is 4.90 Å². The van der Waals surface area contributed by atoms with Gasteiger partial charge in [0.05, 0.1) is 18.3 Å². The first-order valence-corrected chi connectivity index (χ1v) is 9.60. The third kappa shape index (κ3) is 3.32. The number of hydrogen-bond donors (Lipinski definition) is 0. The van der Waals surface area contributed by atoms with Gasteiger partial charge in [-0.2, -0.15) is 0 Å². The largest absolute Gasteiger partial charge is 0.455 e. The molecule has 1 aromatic carbocycles. The molecule has 3 aliphatic rings. The van der Waals surface area contributed by atoms with E-state index in [0.717, 1.165) is 17.7 Å². The Hall–Kier alpha value is -2.96. The van der Waals surface area contributed by atoms with Gasteiger partial charge in [-0.05, 0) is 30.9 Å². The highest BCUT2D eigenvalue weighted by Gasteiger charge is 2.46. The number of rotatable bonds is 5. The fourth-order valence-corrected chi connectivity index (χ4v) is 4.18. The van der Waals surface area contributed by atoms with E-state index in [1.807, 2.05) is 36.4 Å². The lowest BCUT2D eigenvalue weighted by Crippen LogP contribution is -2.35. The fraction of sp³-hybridized carbons (Fsp3) is 0.429. The molecule has 2 aliphatic heterocycles. The van der Waals surface area contributed by atoms with E-state index in [4.69, 9.17) is 4.74 Å². The number of likely N-dealkylation sites (tertiary alicyclic amines) is 1. The van der Waals surface area contributed by atoms with Crippen LogP contribution in [0, 0.1) is 11.8 Å². The van der Waals surface area contributed by atoms with Crippen molar-refractivity contribution in [1.29, 1.82) is 0 Å². The topological polar surface area (TPSA) is 84.0 Å². The van der Waals surface area contributed by atoms with Gasteiger partial charge < -0.3 is 9.64 Å². The lowest BCUT2D eigenvalue weighted by Gasteiger charge is -2.17. The highest BCUT2D eigenvalue weighted by Crippen LogP contribution is 2.35. The van der Waals surface area contributed by atoms with Crippen LogP contribution in [0.1, 0.15) is 24.8 Å². The Bertz CT molecular complexity index is 836. The highest BCUT2D eigenvalue weighted by molar-refractivity contribution is 6.05. The number of nitrogens with zero attached hydrogens (tertiary/aromatic N) is 2. The van der Waals surface area contributed by atoms with Crippen LogP contribution in [0.25, 0.3) is 0 Å². The molecule has 0 radical (unpaired) electrons. The van der Waals surface area contributed by atoms with Crippen LogP contribution in [0.3, 0.4) is 0 Å². The summed E-state index contributed by atoms with van der Waals surface area (Å²) in [7, 11) is 0. The number of hydrogen-bond acceptors (Lipinski definition) is 5. The number of fused-ring (bicyclic) bond motifs is 2. The summed E-state index contributed by atoms with van der Waals surface area (Å²) in [6, 6.07) is 7.65. The van der Waals surface area contributed by atoms with Crippen molar-refractivity contribution in [3.05, 3.63) is 42.0 Å². The molecular formula is C21H22N2O5. The maximum Gasteiger partial charge on any atom is 0.308 e. The normalized spacial score (nSPS) is 23.0. The van der Waals surface area contributed by atoms with Crippen molar-refractivity contribution in [2.75, 3.05) is 24.6 Å². The van der Waals surface area contributed by atoms with Gasteiger partial charge in [-0.25, -0.2) is 0 Å². The van der Waals surface area contributed by atoms with E-state index in [-0.39, 0.29) is 49.1 Å². The molecule has 3 amide bonds. The molecule has 146 valence electrons. The van der Waals surface area contributed by atoms with Gasteiger partial charge in [-0.15, -0.1) is 0 Å². The lowest BCUT2D eigenvalue weighted by molar-refractivity contribution is -0.149. The maximum atomic E-state index is 12.4. The zero-order chi connectivity index (χ0) is 19.7. The SMILES string of the molecule is O=C(CCN1C(=O)[C@@H]2CC=CC[C@H]2C1=O)OCC(=O)N1CCc2ccccc21. The van der Waals surface area contributed by atoms with Gasteiger partial charge in [-0.3, -0.25) is 24.1 Å². The molecule has 7 nitrogen and oxygen atoms in total. The predicted molar refractivity (Wildman–Crippen MR) is 100 cm³/mol. The molecule has 1 fully saturated rings. The number of anilines is 1. The quantitative estimate of drug-likeness (QED) is 0.437. The molecule has 2 heterocycles. The van der Waals surface area contributed by atoms with E-state index >= 15 is 0 Å². The fourth-order valence-electron chi connectivity index (χ4n) is 4.18.